The van der Waals surface area contributed by atoms with Crippen molar-refractivity contribution in [3.05, 3.63) is 74.9 Å². The highest BCUT2D eigenvalue weighted by Gasteiger charge is 2.18. The second-order valence-electron chi connectivity index (χ2n) is 6.80. The summed E-state index contributed by atoms with van der Waals surface area (Å²) >= 11 is 12.0. The normalized spacial score (nSPS) is 12.0. The Morgan fingerprint density at radius 2 is 1.84 bits per heavy atom. The molecule has 1 heterocycles. The third kappa shape index (κ3) is 4.17. The number of carbonyl (C=O) groups is 1. The van der Waals surface area contributed by atoms with E-state index < -0.39 is 12.0 Å². The lowest BCUT2D eigenvalue weighted by Crippen LogP contribution is -2.30. The second kappa shape index (κ2) is 8.49. The number of anilines is 1. The van der Waals surface area contributed by atoms with Crippen molar-refractivity contribution >= 4 is 56.7 Å². The minimum Gasteiger partial charge on any atom is -0.493 e. The predicted molar refractivity (Wildman–Crippen MR) is 122 cm³/mol. The third-order valence-corrected chi connectivity index (χ3v) is 5.25. The smallest absolute Gasteiger partial charge is 0.265 e. The Morgan fingerprint density at radius 1 is 1.03 bits per heavy atom. The van der Waals surface area contributed by atoms with Gasteiger partial charge in [0.05, 0.1) is 22.9 Å². The van der Waals surface area contributed by atoms with E-state index in [1.54, 1.807) is 55.5 Å². The topological polar surface area (TPSA) is 77.8 Å². The van der Waals surface area contributed by atoms with Crippen LogP contribution in [0.5, 0.6) is 11.5 Å². The Bertz CT molecular complexity index is 1370. The molecule has 1 atom stereocenters. The molecule has 1 unspecified atom stereocenters. The number of rotatable bonds is 5. The van der Waals surface area contributed by atoms with Crippen LogP contribution in [0.4, 0.5) is 5.69 Å². The number of hydrogen-bond donors (Lipinski definition) is 1. The molecule has 6 nitrogen and oxygen atoms in total. The molecule has 0 aliphatic carbocycles. The number of fused-ring (bicyclic) bond motifs is 2. The van der Waals surface area contributed by atoms with Gasteiger partial charge in [0.2, 0.25) is 5.43 Å². The summed E-state index contributed by atoms with van der Waals surface area (Å²) in [6, 6.07) is 14.7. The molecule has 0 aliphatic heterocycles. The van der Waals surface area contributed by atoms with Crippen LogP contribution in [-0.2, 0) is 4.79 Å². The maximum absolute atomic E-state index is 12.8. The lowest BCUT2D eigenvalue weighted by molar-refractivity contribution is -0.122. The molecular weight excluding hydrogens is 441 g/mol. The first-order valence-electron chi connectivity index (χ1n) is 9.33. The van der Waals surface area contributed by atoms with Crippen LogP contribution in [0.2, 0.25) is 10.0 Å². The third-order valence-electron chi connectivity index (χ3n) is 4.72. The molecule has 4 rings (SSSR count). The van der Waals surface area contributed by atoms with Gasteiger partial charge in [0.1, 0.15) is 11.3 Å². The number of methoxy groups -OCH3 is 1. The van der Waals surface area contributed by atoms with Crippen LogP contribution in [0, 0.1) is 0 Å². The van der Waals surface area contributed by atoms with E-state index in [4.69, 9.17) is 37.1 Å². The molecule has 4 aromatic rings. The molecule has 158 valence electrons. The summed E-state index contributed by atoms with van der Waals surface area (Å²) in [6.07, 6.45) is -0.835. The first-order valence-corrected chi connectivity index (χ1v) is 10.1. The van der Waals surface area contributed by atoms with Gasteiger partial charge in [-0.3, -0.25) is 9.59 Å². The van der Waals surface area contributed by atoms with E-state index in [1.807, 2.05) is 0 Å². The maximum Gasteiger partial charge on any atom is 0.265 e. The lowest BCUT2D eigenvalue weighted by Gasteiger charge is -2.16. The summed E-state index contributed by atoms with van der Waals surface area (Å²) in [4.78, 5) is 25.4. The van der Waals surface area contributed by atoms with Crippen LogP contribution < -0.4 is 20.2 Å². The van der Waals surface area contributed by atoms with E-state index in [-0.39, 0.29) is 5.43 Å². The van der Waals surface area contributed by atoms with Gasteiger partial charge in [-0.15, -0.1) is 0 Å². The molecule has 1 aromatic heterocycles. The minimum atomic E-state index is -0.835. The van der Waals surface area contributed by atoms with Gasteiger partial charge < -0.3 is 19.2 Å². The molecule has 0 bridgehead atoms. The minimum absolute atomic E-state index is 0.179. The van der Waals surface area contributed by atoms with E-state index in [0.29, 0.717) is 49.2 Å². The number of hydrogen-bond acceptors (Lipinski definition) is 5. The van der Waals surface area contributed by atoms with Crippen molar-refractivity contribution in [1.82, 2.24) is 0 Å². The fourth-order valence-corrected chi connectivity index (χ4v) is 3.60. The van der Waals surface area contributed by atoms with Crippen molar-refractivity contribution in [3.8, 4) is 11.5 Å². The number of nitrogens with one attached hydrogen (secondary N) is 1. The van der Waals surface area contributed by atoms with E-state index >= 15 is 0 Å². The fraction of sp³-hybridized carbons (Fsp3) is 0.130. The van der Waals surface area contributed by atoms with Gasteiger partial charge in [-0.05, 0) is 49.4 Å². The number of carbonyl (C=O) groups excluding carboxylic acids is 1. The van der Waals surface area contributed by atoms with Gasteiger partial charge >= 0.3 is 0 Å². The first-order chi connectivity index (χ1) is 14.9. The molecule has 1 N–H and O–H groups in total. The Kier molecular flexibility index (Phi) is 5.76. The quantitative estimate of drug-likeness (QED) is 0.390. The molecule has 0 aliphatic rings. The summed E-state index contributed by atoms with van der Waals surface area (Å²) < 4.78 is 16.8. The molecule has 0 saturated carbocycles. The van der Waals surface area contributed by atoms with Crippen LogP contribution in [0.15, 0.2) is 63.8 Å². The molecular formula is C23H17Cl2NO5. The first kappa shape index (κ1) is 21.0. The Labute approximate surface area is 187 Å². The zero-order chi connectivity index (χ0) is 22.1. The Hall–Kier alpha value is -3.22. The summed E-state index contributed by atoms with van der Waals surface area (Å²) in [5.41, 5.74) is 0.948. The number of amides is 1. The van der Waals surface area contributed by atoms with E-state index in [1.165, 1.54) is 13.2 Å². The van der Waals surface area contributed by atoms with Crippen molar-refractivity contribution in [2.75, 3.05) is 12.4 Å². The number of para-hydroxylation sites is 1. The van der Waals surface area contributed by atoms with Crippen LogP contribution in [-0.4, -0.2) is 19.1 Å². The highest BCUT2D eigenvalue weighted by molar-refractivity contribution is 6.35. The zero-order valence-electron chi connectivity index (χ0n) is 16.6. The summed E-state index contributed by atoms with van der Waals surface area (Å²) in [5, 5.41) is 4.35. The molecule has 31 heavy (non-hydrogen) atoms. The van der Waals surface area contributed by atoms with Gasteiger partial charge in [0, 0.05) is 16.8 Å². The van der Waals surface area contributed by atoms with Crippen molar-refractivity contribution in [3.63, 3.8) is 0 Å². The van der Waals surface area contributed by atoms with Gasteiger partial charge in [-0.1, -0.05) is 29.3 Å². The van der Waals surface area contributed by atoms with Crippen molar-refractivity contribution < 1.29 is 18.7 Å². The van der Waals surface area contributed by atoms with Crippen molar-refractivity contribution in [1.29, 1.82) is 0 Å². The number of ether oxygens (including phenoxy) is 2. The van der Waals surface area contributed by atoms with Crippen molar-refractivity contribution in [2.24, 2.45) is 0 Å². The zero-order valence-corrected chi connectivity index (χ0v) is 18.1. The monoisotopic (exact) mass is 457 g/mol. The van der Waals surface area contributed by atoms with E-state index in [2.05, 4.69) is 5.32 Å². The lowest BCUT2D eigenvalue weighted by atomic mass is 10.1. The average Bonchev–Trinajstić information content (AvgIpc) is 2.75. The van der Waals surface area contributed by atoms with Gasteiger partial charge in [0.25, 0.3) is 5.91 Å². The molecule has 0 fully saturated rings. The molecule has 0 spiro atoms. The number of benzene rings is 3. The second-order valence-corrected chi connectivity index (χ2v) is 7.65. The summed E-state index contributed by atoms with van der Waals surface area (Å²) in [5.74, 6) is 0.399. The highest BCUT2D eigenvalue weighted by Crippen LogP contribution is 2.30. The van der Waals surface area contributed by atoms with Crippen LogP contribution in [0.3, 0.4) is 0 Å². The maximum atomic E-state index is 12.8. The van der Waals surface area contributed by atoms with E-state index in [0.717, 1.165) is 0 Å². The molecule has 3 aromatic carbocycles. The van der Waals surface area contributed by atoms with Crippen LogP contribution in [0.1, 0.15) is 6.92 Å². The number of halogens is 2. The molecule has 1 amide bonds. The van der Waals surface area contributed by atoms with Crippen LogP contribution >= 0.6 is 23.2 Å². The van der Waals surface area contributed by atoms with Crippen molar-refractivity contribution in [2.45, 2.75) is 13.0 Å². The summed E-state index contributed by atoms with van der Waals surface area (Å²) in [6.45, 7) is 1.60. The predicted octanol–water partition coefficient (Wildman–Crippen LogP) is 5.67. The van der Waals surface area contributed by atoms with Gasteiger partial charge in [-0.2, -0.15) is 0 Å². The van der Waals surface area contributed by atoms with Gasteiger partial charge in [-0.25, -0.2) is 0 Å². The Balaban J connectivity index is 1.61. The largest absolute Gasteiger partial charge is 0.493 e. The average molecular weight is 458 g/mol. The standard InChI is InChI=1S/C23H17Cl2NO5/c1-12(30-18-9-6-13(24)10-17(18)25)23(28)26-14-7-8-15-20(11-14)31-22-16(21(15)27)4-3-5-19(22)29-2/h3-12H,1-2H3,(H,26,28). The molecule has 8 heteroatoms. The summed E-state index contributed by atoms with van der Waals surface area (Å²) in [7, 11) is 1.50. The SMILES string of the molecule is COc1cccc2c(=O)c3ccc(NC(=O)C(C)Oc4ccc(Cl)cc4Cl)cc3oc12. The highest BCUT2D eigenvalue weighted by atomic mass is 35.5. The van der Waals surface area contributed by atoms with E-state index in [9.17, 15) is 9.59 Å². The van der Waals surface area contributed by atoms with Crippen LogP contribution in [0.25, 0.3) is 21.9 Å². The molecule has 0 saturated heterocycles. The van der Waals surface area contributed by atoms with Gasteiger partial charge in [0.15, 0.2) is 17.4 Å². The Morgan fingerprint density at radius 3 is 2.58 bits per heavy atom. The fourth-order valence-electron chi connectivity index (χ4n) is 3.15. The molecule has 0 radical (unpaired) electrons.